The molecule has 2 N–H and O–H groups in total. The highest BCUT2D eigenvalue weighted by Gasteiger charge is 2.32. The molecular weight excluding hydrogens is 384 g/mol. The summed E-state index contributed by atoms with van der Waals surface area (Å²) in [5.74, 6) is 1.24. The minimum atomic E-state index is -0.163. The van der Waals surface area contributed by atoms with Gasteiger partial charge in [0.2, 0.25) is 11.7 Å². The van der Waals surface area contributed by atoms with Crippen LogP contribution in [0.5, 0.6) is 5.75 Å². The number of benzene rings is 1. The number of nitrogens with one attached hydrogen (secondary N) is 2. The summed E-state index contributed by atoms with van der Waals surface area (Å²) >= 11 is 0. The normalized spacial score (nSPS) is 15.5. The molecule has 8 nitrogen and oxygen atoms in total. The SMILES string of the molecule is COCC1(CNC(=O)c2ccccc2OCc2noc(C)n2)CCNCC1.Cl. The van der Waals surface area contributed by atoms with Crippen molar-refractivity contribution in [1.29, 1.82) is 0 Å². The van der Waals surface area contributed by atoms with Crippen molar-refractivity contribution in [2.75, 3.05) is 33.4 Å². The molecule has 0 aliphatic carbocycles. The van der Waals surface area contributed by atoms with Gasteiger partial charge in [0, 0.05) is 26.0 Å². The minimum absolute atomic E-state index is 0. The Kier molecular flexibility index (Phi) is 8.22. The molecule has 1 fully saturated rings. The van der Waals surface area contributed by atoms with Crippen LogP contribution in [0.15, 0.2) is 28.8 Å². The van der Waals surface area contributed by atoms with E-state index in [1.807, 2.05) is 12.1 Å². The summed E-state index contributed by atoms with van der Waals surface area (Å²) in [6.45, 7) is 4.92. The fraction of sp³-hybridized carbons (Fsp3) is 0.526. The Labute approximate surface area is 170 Å². The number of methoxy groups -OCH3 is 1. The summed E-state index contributed by atoms with van der Waals surface area (Å²) < 4.78 is 16.1. The Morgan fingerprint density at radius 1 is 1.32 bits per heavy atom. The average Bonchev–Trinajstić information content (AvgIpc) is 3.11. The van der Waals surface area contributed by atoms with Crippen molar-refractivity contribution in [3.8, 4) is 5.75 Å². The summed E-state index contributed by atoms with van der Waals surface area (Å²) in [6, 6.07) is 7.15. The molecule has 0 bridgehead atoms. The van der Waals surface area contributed by atoms with Crippen LogP contribution in [0.25, 0.3) is 0 Å². The third-order valence-electron chi connectivity index (χ3n) is 4.80. The molecule has 0 spiro atoms. The molecule has 0 saturated carbocycles. The highest BCUT2D eigenvalue weighted by Crippen LogP contribution is 2.28. The predicted molar refractivity (Wildman–Crippen MR) is 106 cm³/mol. The lowest BCUT2D eigenvalue weighted by Gasteiger charge is -2.37. The van der Waals surface area contributed by atoms with Gasteiger partial charge in [-0.3, -0.25) is 4.79 Å². The number of amides is 1. The molecule has 1 amide bonds. The first-order chi connectivity index (χ1) is 13.1. The lowest BCUT2D eigenvalue weighted by atomic mass is 9.79. The van der Waals surface area contributed by atoms with Crippen molar-refractivity contribution in [3.05, 3.63) is 41.5 Å². The third kappa shape index (κ3) is 5.67. The molecule has 9 heteroatoms. The Hall–Kier alpha value is -2.16. The quantitative estimate of drug-likeness (QED) is 0.687. The lowest BCUT2D eigenvalue weighted by Crippen LogP contribution is -2.47. The van der Waals surface area contributed by atoms with Crippen molar-refractivity contribution in [3.63, 3.8) is 0 Å². The van der Waals surface area contributed by atoms with Gasteiger partial charge < -0.3 is 24.6 Å². The van der Waals surface area contributed by atoms with Crippen LogP contribution in [0.1, 0.15) is 34.9 Å². The number of carbonyl (C=O) groups is 1. The number of aryl methyl sites for hydroxylation is 1. The van der Waals surface area contributed by atoms with Crippen molar-refractivity contribution < 1.29 is 18.8 Å². The first-order valence-electron chi connectivity index (χ1n) is 9.11. The highest BCUT2D eigenvalue weighted by atomic mass is 35.5. The fourth-order valence-electron chi connectivity index (χ4n) is 3.32. The molecule has 1 aliphatic heterocycles. The number of piperidine rings is 1. The first-order valence-corrected chi connectivity index (χ1v) is 9.11. The van der Waals surface area contributed by atoms with E-state index in [0.29, 0.717) is 36.2 Å². The van der Waals surface area contributed by atoms with E-state index < -0.39 is 0 Å². The summed E-state index contributed by atoms with van der Waals surface area (Å²) in [6.07, 6.45) is 1.94. The number of ether oxygens (including phenoxy) is 2. The fourth-order valence-corrected chi connectivity index (χ4v) is 3.32. The van der Waals surface area contributed by atoms with Crippen LogP contribution in [-0.4, -0.2) is 49.4 Å². The van der Waals surface area contributed by atoms with E-state index in [-0.39, 0.29) is 30.3 Å². The number of nitrogens with zero attached hydrogens (tertiary/aromatic N) is 2. The molecule has 0 unspecified atom stereocenters. The number of aromatic nitrogens is 2. The van der Waals surface area contributed by atoms with Crippen molar-refractivity contribution >= 4 is 18.3 Å². The molecule has 28 heavy (non-hydrogen) atoms. The van der Waals surface area contributed by atoms with Gasteiger partial charge in [-0.15, -0.1) is 12.4 Å². The first kappa shape index (κ1) is 22.1. The van der Waals surface area contributed by atoms with Crippen LogP contribution in [0, 0.1) is 12.3 Å². The summed E-state index contributed by atoms with van der Waals surface area (Å²) in [5.41, 5.74) is 0.451. The van der Waals surface area contributed by atoms with E-state index in [0.717, 1.165) is 25.9 Å². The maximum Gasteiger partial charge on any atom is 0.255 e. The summed E-state index contributed by atoms with van der Waals surface area (Å²) in [7, 11) is 1.70. The largest absolute Gasteiger partial charge is 0.485 e. The smallest absolute Gasteiger partial charge is 0.255 e. The number of hydrogen-bond acceptors (Lipinski definition) is 7. The van der Waals surface area contributed by atoms with Gasteiger partial charge in [-0.05, 0) is 38.1 Å². The minimum Gasteiger partial charge on any atom is -0.485 e. The zero-order valence-corrected chi connectivity index (χ0v) is 17.0. The third-order valence-corrected chi connectivity index (χ3v) is 4.80. The van der Waals surface area contributed by atoms with E-state index in [1.165, 1.54) is 0 Å². The van der Waals surface area contributed by atoms with Crippen LogP contribution >= 0.6 is 12.4 Å². The summed E-state index contributed by atoms with van der Waals surface area (Å²) in [5, 5.41) is 10.2. The molecule has 2 heterocycles. The van der Waals surface area contributed by atoms with E-state index in [9.17, 15) is 4.79 Å². The van der Waals surface area contributed by atoms with Gasteiger partial charge in [0.05, 0.1) is 12.2 Å². The van der Waals surface area contributed by atoms with E-state index >= 15 is 0 Å². The molecule has 0 radical (unpaired) electrons. The van der Waals surface area contributed by atoms with Crippen LogP contribution < -0.4 is 15.4 Å². The topological polar surface area (TPSA) is 98.5 Å². The number of para-hydroxylation sites is 1. The Morgan fingerprint density at radius 2 is 2.07 bits per heavy atom. The second kappa shape index (κ2) is 10.4. The molecule has 1 aromatic carbocycles. The molecule has 1 aliphatic rings. The molecule has 1 saturated heterocycles. The van der Waals surface area contributed by atoms with Gasteiger partial charge in [0.15, 0.2) is 6.61 Å². The van der Waals surface area contributed by atoms with E-state index in [2.05, 4.69) is 20.8 Å². The molecule has 3 rings (SSSR count). The highest BCUT2D eigenvalue weighted by molar-refractivity contribution is 5.96. The Morgan fingerprint density at radius 3 is 2.75 bits per heavy atom. The number of halogens is 1. The second-order valence-corrected chi connectivity index (χ2v) is 6.88. The van der Waals surface area contributed by atoms with E-state index in [1.54, 1.807) is 26.2 Å². The van der Waals surface area contributed by atoms with Gasteiger partial charge in [-0.2, -0.15) is 4.98 Å². The second-order valence-electron chi connectivity index (χ2n) is 6.88. The lowest BCUT2D eigenvalue weighted by molar-refractivity contribution is 0.0511. The average molecular weight is 411 g/mol. The number of carbonyl (C=O) groups excluding carboxylic acids is 1. The van der Waals surface area contributed by atoms with Gasteiger partial charge in [0.1, 0.15) is 5.75 Å². The molecule has 154 valence electrons. The monoisotopic (exact) mass is 410 g/mol. The predicted octanol–water partition coefficient (Wildman–Crippen LogP) is 2.12. The van der Waals surface area contributed by atoms with Crippen LogP contribution in [0.3, 0.4) is 0 Å². The summed E-state index contributed by atoms with van der Waals surface area (Å²) in [4.78, 5) is 16.9. The van der Waals surface area contributed by atoms with Gasteiger partial charge in [-0.25, -0.2) is 0 Å². The van der Waals surface area contributed by atoms with Crippen LogP contribution in [-0.2, 0) is 11.3 Å². The van der Waals surface area contributed by atoms with Crippen molar-refractivity contribution in [1.82, 2.24) is 20.8 Å². The Balaban J connectivity index is 0.00000280. The van der Waals surface area contributed by atoms with Crippen LogP contribution in [0.2, 0.25) is 0 Å². The van der Waals surface area contributed by atoms with Crippen molar-refractivity contribution in [2.45, 2.75) is 26.4 Å². The van der Waals surface area contributed by atoms with Gasteiger partial charge >= 0.3 is 0 Å². The zero-order valence-electron chi connectivity index (χ0n) is 16.2. The standard InChI is InChI=1S/C19H26N4O4.ClH/c1-14-22-17(23-27-14)11-26-16-6-4-3-5-15(16)18(24)21-12-19(13-25-2)7-9-20-10-8-19;/h3-6,20H,7-13H2,1-2H3,(H,21,24);1H. The molecular formula is C19H27ClN4O4. The van der Waals surface area contributed by atoms with Crippen LogP contribution in [0.4, 0.5) is 0 Å². The van der Waals surface area contributed by atoms with E-state index in [4.69, 9.17) is 14.0 Å². The molecule has 2 aromatic rings. The van der Waals surface area contributed by atoms with Crippen molar-refractivity contribution in [2.24, 2.45) is 5.41 Å². The zero-order chi connectivity index (χ0) is 19.1. The maximum absolute atomic E-state index is 12.8. The van der Waals surface area contributed by atoms with Gasteiger partial charge in [-0.1, -0.05) is 17.3 Å². The number of rotatable bonds is 8. The Bertz CT molecular complexity index is 756. The number of hydrogen-bond donors (Lipinski definition) is 2. The van der Waals surface area contributed by atoms with Gasteiger partial charge in [0.25, 0.3) is 5.91 Å². The molecule has 1 aromatic heterocycles. The molecule has 0 atom stereocenters. The maximum atomic E-state index is 12.8.